The van der Waals surface area contributed by atoms with Crippen LogP contribution in [0.5, 0.6) is 0 Å². The van der Waals surface area contributed by atoms with Gasteiger partial charge in [-0.2, -0.15) is 0 Å². The summed E-state index contributed by atoms with van der Waals surface area (Å²) in [7, 11) is 0. The fraction of sp³-hybridized carbons (Fsp3) is 1.00. The Labute approximate surface area is 236 Å². The maximum atomic E-state index is 2.94. The molecule has 0 spiro atoms. The van der Waals surface area contributed by atoms with Crippen LogP contribution >= 0.6 is 0 Å². The summed E-state index contributed by atoms with van der Waals surface area (Å²) in [6.45, 7) is 52.6. The first-order chi connectivity index (χ1) is 16.0. The summed E-state index contributed by atoms with van der Waals surface area (Å²) >= 11 is 0. The Morgan fingerprint density at radius 2 is 0.486 bits per heavy atom. The van der Waals surface area contributed by atoms with Crippen molar-refractivity contribution in [3.05, 3.63) is 0 Å². The van der Waals surface area contributed by atoms with Gasteiger partial charge >= 0.3 is 0 Å². The van der Waals surface area contributed by atoms with E-state index in [1.165, 1.54) is 6.42 Å². The fourth-order valence-electron chi connectivity index (χ4n) is 5.77. The van der Waals surface area contributed by atoms with Gasteiger partial charge in [-0.25, -0.2) is 0 Å². The number of hydrogen-bond donors (Lipinski definition) is 0. The zero-order valence-electron chi connectivity index (χ0n) is 29.5. The minimum Gasteiger partial charge on any atom is -0.272 e. The summed E-state index contributed by atoms with van der Waals surface area (Å²) in [5, 5.41) is 0. The Kier molecular flexibility index (Phi) is 12.6. The van der Waals surface area contributed by atoms with Crippen LogP contribution in [0.1, 0.15) is 144 Å². The Morgan fingerprint density at radius 1 is 0.324 bits per heavy atom. The van der Waals surface area contributed by atoms with Crippen LogP contribution in [-0.2, 0) is 0 Å². The van der Waals surface area contributed by atoms with Gasteiger partial charge in [0.25, 0.3) is 0 Å². The fourth-order valence-corrected chi connectivity index (χ4v) is 5.77. The van der Waals surface area contributed by atoms with Crippen molar-refractivity contribution in [3.8, 4) is 0 Å². The molecule has 0 aromatic carbocycles. The summed E-state index contributed by atoms with van der Waals surface area (Å²) < 4.78 is 0. The molecule has 224 valence electrons. The van der Waals surface area contributed by atoms with E-state index < -0.39 is 0 Å². The van der Waals surface area contributed by atoms with Crippen molar-refractivity contribution in [2.45, 2.75) is 150 Å². The quantitative estimate of drug-likeness (QED) is 0.250. The van der Waals surface area contributed by atoms with E-state index in [9.17, 15) is 0 Å². The van der Waals surface area contributed by atoms with Crippen molar-refractivity contribution in [2.75, 3.05) is 39.3 Å². The van der Waals surface area contributed by atoms with Crippen LogP contribution in [0.2, 0.25) is 0 Å². The molecule has 0 saturated carbocycles. The van der Waals surface area contributed by atoms with Crippen molar-refractivity contribution < 1.29 is 0 Å². The minimum absolute atomic E-state index is 0.156. The molecule has 0 aromatic rings. The summed E-state index contributed by atoms with van der Waals surface area (Å²) in [6, 6.07) is 0. The predicted molar refractivity (Wildman–Crippen MR) is 169 cm³/mol. The number of rotatable bonds is 11. The molecule has 0 unspecified atom stereocenters. The van der Waals surface area contributed by atoms with Crippen molar-refractivity contribution in [1.82, 2.24) is 14.7 Å². The van der Waals surface area contributed by atoms with Crippen LogP contribution in [0, 0.1) is 32.5 Å². The van der Waals surface area contributed by atoms with Gasteiger partial charge in [0.2, 0.25) is 0 Å². The van der Waals surface area contributed by atoms with Crippen molar-refractivity contribution >= 4 is 0 Å². The van der Waals surface area contributed by atoms with Gasteiger partial charge in [0.1, 0.15) is 5.79 Å². The van der Waals surface area contributed by atoms with E-state index in [4.69, 9.17) is 0 Å². The third-order valence-corrected chi connectivity index (χ3v) is 6.10. The van der Waals surface area contributed by atoms with Crippen LogP contribution in [0.3, 0.4) is 0 Å². The molecule has 0 atom stereocenters. The molecule has 37 heavy (non-hydrogen) atoms. The molecule has 0 amide bonds. The molecule has 0 aliphatic rings. The summed E-state index contributed by atoms with van der Waals surface area (Å²) in [5.74, 6) is -0.156. The SMILES string of the molecule is CCCC(N(CC(C)(C)C)CC(C)(C)C)(N(CC(C)(C)C)CC(C)(C)C)N(CC(C)(C)C)CC(C)(C)C. The Bertz CT molecular complexity index is 514. The molecule has 0 radical (unpaired) electrons. The first-order valence-corrected chi connectivity index (χ1v) is 15.3. The Morgan fingerprint density at radius 3 is 0.595 bits per heavy atom. The maximum absolute atomic E-state index is 2.94. The van der Waals surface area contributed by atoms with E-state index in [1.54, 1.807) is 0 Å². The lowest BCUT2D eigenvalue weighted by Gasteiger charge is -2.62. The topological polar surface area (TPSA) is 9.72 Å². The molecule has 0 fully saturated rings. The zero-order valence-corrected chi connectivity index (χ0v) is 29.5. The standard InChI is InChI=1S/C34H73N3/c1-20-21-34(35(22-28(2,3)4)23-29(5,6)7,36(24-30(8,9)10)25-31(11,12)13)37(26-32(14,15)16)27-33(17,18)19/h20-27H2,1-19H3. The van der Waals surface area contributed by atoms with Gasteiger partial charge in [0.15, 0.2) is 0 Å². The van der Waals surface area contributed by atoms with Gasteiger partial charge in [-0.3, -0.25) is 14.7 Å². The Balaban J connectivity index is 7.73. The molecule has 3 heteroatoms. The molecular weight excluding hydrogens is 450 g/mol. The van der Waals surface area contributed by atoms with Gasteiger partial charge in [-0.1, -0.05) is 138 Å². The highest BCUT2D eigenvalue weighted by Gasteiger charge is 2.51. The first-order valence-electron chi connectivity index (χ1n) is 15.3. The van der Waals surface area contributed by atoms with Crippen LogP contribution in [0.4, 0.5) is 0 Å². The molecule has 3 nitrogen and oxygen atoms in total. The van der Waals surface area contributed by atoms with Gasteiger partial charge in [-0.15, -0.1) is 0 Å². The van der Waals surface area contributed by atoms with E-state index in [1.807, 2.05) is 0 Å². The molecule has 0 aliphatic carbocycles. The van der Waals surface area contributed by atoms with Gasteiger partial charge in [0.05, 0.1) is 0 Å². The normalized spacial score (nSPS) is 15.4. The second-order valence-electron chi connectivity index (χ2n) is 19.5. The van der Waals surface area contributed by atoms with Crippen LogP contribution < -0.4 is 0 Å². The molecule has 0 N–H and O–H groups in total. The molecule has 0 rings (SSSR count). The lowest BCUT2D eigenvalue weighted by molar-refractivity contribution is -0.215. The first kappa shape index (κ1) is 36.9. The number of nitrogens with zero attached hydrogens (tertiary/aromatic N) is 3. The average Bonchev–Trinajstić information content (AvgIpc) is 2.49. The van der Waals surface area contributed by atoms with E-state index in [0.29, 0.717) is 0 Å². The zero-order chi connectivity index (χ0) is 29.9. The van der Waals surface area contributed by atoms with Crippen LogP contribution in [0.15, 0.2) is 0 Å². The van der Waals surface area contributed by atoms with E-state index in [0.717, 1.165) is 45.7 Å². The van der Waals surface area contributed by atoms with E-state index in [2.05, 4.69) is 146 Å². The van der Waals surface area contributed by atoms with Gasteiger partial charge in [-0.05, 0) is 38.9 Å². The molecule has 0 heterocycles. The third kappa shape index (κ3) is 15.3. The molecule has 0 aliphatic heterocycles. The third-order valence-electron chi connectivity index (χ3n) is 6.10. The van der Waals surface area contributed by atoms with Crippen LogP contribution in [-0.4, -0.2) is 59.8 Å². The highest BCUT2D eigenvalue weighted by Crippen LogP contribution is 2.42. The van der Waals surface area contributed by atoms with Gasteiger partial charge in [0, 0.05) is 39.3 Å². The number of hydrogen-bond acceptors (Lipinski definition) is 3. The second-order valence-corrected chi connectivity index (χ2v) is 19.5. The second kappa shape index (κ2) is 12.6. The predicted octanol–water partition coefficient (Wildman–Crippen LogP) is 9.62. The maximum Gasteiger partial charge on any atom is 0.131 e. The van der Waals surface area contributed by atoms with Crippen LogP contribution in [0.25, 0.3) is 0 Å². The molecule has 0 bridgehead atoms. The largest absolute Gasteiger partial charge is 0.272 e. The molecular formula is C34H73N3. The monoisotopic (exact) mass is 524 g/mol. The van der Waals surface area contributed by atoms with E-state index in [-0.39, 0.29) is 38.3 Å². The highest BCUT2D eigenvalue weighted by atomic mass is 15.6. The highest BCUT2D eigenvalue weighted by molar-refractivity contribution is 4.98. The lowest BCUT2D eigenvalue weighted by atomic mass is 9.84. The minimum atomic E-state index is -0.156. The summed E-state index contributed by atoms with van der Waals surface area (Å²) in [4.78, 5) is 8.81. The summed E-state index contributed by atoms with van der Waals surface area (Å²) in [5.41, 5.74) is 1.22. The lowest BCUT2D eigenvalue weighted by Crippen LogP contribution is -2.74. The molecule has 0 aromatic heterocycles. The average molecular weight is 524 g/mol. The van der Waals surface area contributed by atoms with Crippen molar-refractivity contribution in [2.24, 2.45) is 32.5 Å². The molecule has 0 saturated heterocycles. The van der Waals surface area contributed by atoms with Crippen molar-refractivity contribution in [1.29, 1.82) is 0 Å². The van der Waals surface area contributed by atoms with E-state index >= 15 is 0 Å². The van der Waals surface area contributed by atoms with Crippen molar-refractivity contribution in [3.63, 3.8) is 0 Å². The van der Waals surface area contributed by atoms with Gasteiger partial charge < -0.3 is 0 Å². The smallest absolute Gasteiger partial charge is 0.131 e. The summed E-state index contributed by atoms with van der Waals surface area (Å²) in [6.07, 6.45) is 2.32. The Hall–Kier alpha value is -0.120.